The second kappa shape index (κ2) is 8.87. The first kappa shape index (κ1) is 20.4. The smallest absolute Gasteiger partial charge is 0.433 e. The van der Waals surface area contributed by atoms with E-state index in [1.165, 1.54) is 6.07 Å². The molecular weight excluding hydrogens is 403 g/mol. The van der Waals surface area contributed by atoms with Crippen LogP contribution in [0.5, 0.6) is 11.5 Å². The molecule has 0 bridgehead atoms. The van der Waals surface area contributed by atoms with E-state index in [2.05, 4.69) is 15.3 Å². The van der Waals surface area contributed by atoms with Crippen LogP contribution in [0.25, 0.3) is 11.1 Å². The van der Waals surface area contributed by atoms with Crippen molar-refractivity contribution in [3.8, 4) is 22.6 Å². The minimum atomic E-state index is -4.47. The fourth-order valence-corrected chi connectivity index (χ4v) is 2.93. The molecule has 0 aliphatic heterocycles. The van der Waals surface area contributed by atoms with Crippen LogP contribution >= 0.6 is 0 Å². The van der Waals surface area contributed by atoms with Crippen LogP contribution in [-0.2, 0) is 12.7 Å². The Morgan fingerprint density at radius 2 is 1.48 bits per heavy atom. The summed E-state index contributed by atoms with van der Waals surface area (Å²) < 4.78 is 44.1. The van der Waals surface area contributed by atoms with Crippen LogP contribution in [0.3, 0.4) is 0 Å². The first-order valence-corrected chi connectivity index (χ1v) is 9.53. The van der Waals surface area contributed by atoms with Crippen molar-refractivity contribution in [3.05, 3.63) is 103 Å². The Hall–Kier alpha value is -3.87. The van der Waals surface area contributed by atoms with Gasteiger partial charge in [0.2, 0.25) is 0 Å². The predicted octanol–water partition coefficient (Wildman–Crippen LogP) is 6.57. The molecule has 0 amide bonds. The number of hydrogen-bond donors (Lipinski definition) is 1. The molecule has 4 nitrogen and oxygen atoms in total. The molecular formula is C24H18F3N3O. The van der Waals surface area contributed by atoms with Gasteiger partial charge in [-0.2, -0.15) is 13.2 Å². The monoisotopic (exact) mass is 421 g/mol. The van der Waals surface area contributed by atoms with Gasteiger partial charge in [0, 0.05) is 23.6 Å². The van der Waals surface area contributed by atoms with Gasteiger partial charge in [0.25, 0.3) is 0 Å². The van der Waals surface area contributed by atoms with E-state index in [0.717, 1.165) is 34.9 Å². The molecule has 0 saturated heterocycles. The molecule has 31 heavy (non-hydrogen) atoms. The third kappa shape index (κ3) is 5.39. The summed E-state index contributed by atoms with van der Waals surface area (Å²) in [5.41, 5.74) is 2.02. The SMILES string of the molecule is FC(F)(F)c1cc(NCc2ccc(-c3ccc(Oc4ccccc4)cc3)cn2)ccn1. The molecule has 156 valence electrons. The minimum absolute atomic E-state index is 0.297. The third-order valence-electron chi connectivity index (χ3n) is 4.52. The molecule has 0 unspecified atom stereocenters. The minimum Gasteiger partial charge on any atom is -0.457 e. The van der Waals surface area contributed by atoms with Gasteiger partial charge < -0.3 is 10.1 Å². The van der Waals surface area contributed by atoms with Gasteiger partial charge in [0.1, 0.15) is 17.2 Å². The van der Waals surface area contributed by atoms with Gasteiger partial charge in [-0.1, -0.05) is 36.4 Å². The Morgan fingerprint density at radius 1 is 0.774 bits per heavy atom. The van der Waals surface area contributed by atoms with Crippen molar-refractivity contribution in [1.82, 2.24) is 9.97 Å². The summed E-state index contributed by atoms with van der Waals surface area (Å²) in [5.74, 6) is 1.50. The molecule has 2 heterocycles. The molecule has 2 aromatic carbocycles. The normalized spacial score (nSPS) is 11.2. The van der Waals surface area contributed by atoms with Crippen LogP contribution < -0.4 is 10.1 Å². The lowest BCUT2D eigenvalue weighted by atomic mass is 10.1. The van der Waals surface area contributed by atoms with Gasteiger partial charge in [-0.25, -0.2) is 0 Å². The highest BCUT2D eigenvalue weighted by Gasteiger charge is 2.32. The van der Waals surface area contributed by atoms with Crippen LogP contribution in [0.2, 0.25) is 0 Å². The van der Waals surface area contributed by atoms with Crippen LogP contribution in [0.4, 0.5) is 18.9 Å². The Bertz CT molecular complexity index is 1130. The Labute approximate surface area is 177 Å². The number of para-hydroxylation sites is 1. The molecule has 0 spiro atoms. The summed E-state index contributed by atoms with van der Waals surface area (Å²) in [7, 11) is 0. The second-order valence-electron chi connectivity index (χ2n) is 6.76. The molecule has 1 N–H and O–H groups in total. The molecule has 0 atom stereocenters. The number of nitrogens with zero attached hydrogens (tertiary/aromatic N) is 2. The maximum atomic E-state index is 12.8. The molecule has 0 aliphatic rings. The van der Waals surface area contributed by atoms with E-state index in [9.17, 15) is 13.2 Å². The molecule has 0 aliphatic carbocycles. The van der Waals surface area contributed by atoms with Gasteiger partial charge in [-0.05, 0) is 48.0 Å². The van der Waals surface area contributed by atoms with Gasteiger partial charge in [-0.3, -0.25) is 9.97 Å². The fraction of sp³-hybridized carbons (Fsp3) is 0.0833. The van der Waals surface area contributed by atoms with Crippen LogP contribution in [0.1, 0.15) is 11.4 Å². The highest BCUT2D eigenvalue weighted by atomic mass is 19.4. The Morgan fingerprint density at radius 3 is 2.16 bits per heavy atom. The van der Waals surface area contributed by atoms with Crippen LogP contribution in [0.15, 0.2) is 91.3 Å². The number of aromatic nitrogens is 2. The standard InChI is InChI=1S/C24H18F3N3O/c25-24(26,27)23-14-19(12-13-28-23)30-16-20-9-6-18(15-29-20)17-7-10-22(11-8-17)31-21-4-2-1-3-5-21/h1-15H,16H2,(H,28,30). The number of alkyl halides is 3. The van der Waals surface area contributed by atoms with Crippen molar-refractivity contribution in [2.24, 2.45) is 0 Å². The number of halogens is 3. The zero-order chi connectivity index (χ0) is 21.7. The maximum Gasteiger partial charge on any atom is 0.433 e. The van der Waals surface area contributed by atoms with Crippen molar-refractivity contribution in [2.45, 2.75) is 12.7 Å². The number of benzene rings is 2. The molecule has 0 saturated carbocycles. The molecule has 4 aromatic rings. The van der Waals surface area contributed by atoms with Crippen molar-refractivity contribution >= 4 is 5.69 Å². The molecule has 7 heteroatoms. The predicted molar refractivity (Wildman–Crippen MR) is 113 cm³/mol. The van der Waals surface area contributed by atoms with Gasteiger partial charge >= 0.3 is 6.18 Å². The van der Waals surface area contributed by atoms with Crippen LogP contribution in [-0.4, -0.2) is 9.97 Å². The largest absolute Gasteiger partial charge is 0.457 e. The number of ether oxygens (including phenoxy) is 1. The quantitative estimate of drug-likeness (QED) is 0.383. The highest BCUT2D eigenvalue weighted by molar-refractivity contribution is 5.63. The summed E-state index contributed by atoms with van der Waals surface area (Å²) in [6.45, 7) is 0.297. The third-order valence-corrected chi connectivity index (χ3v) is 4.52. The summed E-state index contributed by atoms with van der Waals surface area (Å²) in [6, 6.07) is 23.4. The lowest BCUT2D eigenvalue weighted by molar-refractivity contribution is -0.141. The lowest BCUT2D eigenvalue weighted by Crippen LogP contribution is -2.09. The van der Waals surface area contributed by atoms with E-state index < -0.39 is 11.9 Å². The molecule has 0 fully saturated rings. The van der Waals surface area contributed by atoms with E-state index in [1.54, 1.807) is 6.20 Å². The van der Waals surface area contributed by atoms with Crippen molar-refractivity contribution < 1.29 is 17.9 Å². The molecule has 2 aromatic heterocycles. The lowest BCUT2D eigenvalue weighted by Gasteiger charge is -2.10. The van der Waals surface area contributed by atoms with Gasteiger partial charge in [-0.15, -0.1) is 0 Å². The fourth-order valence-electron chi connectivity index (χ4n) is 2.93. The highest BCUT2D eigenvalue weighted by Crippen LogP contribution is 2.29. The van der Waals surface area contributed by atoms with Crippen LogP contribution in [0, 0.1) is 0 Å². The van der Waals surface area contributed by atoms with E-state index in [0.29, 0.717) is 17.9 Å². The maximum absolute atomic E-state index is 12.8. The number of rotatable bonds is 6. The van der Waals surface area contributed by atoms with Crippen molar-refractivity contribution in [2.75, 3.05) is 5.32 Å². The van der Waals surface area contributed by atoms with E-state index in [-0.39, 0.29) is 0 Å². The number of hydrogen-bond acceptors (Lipinski definition) is 4. The molecule has 0 radical (unpaired) electrons. The molecule has 4 rings (SSSR count). The summed E-state index contributed by atoms with van der Waals surface area (Å²) in [6.07, 6.45) is -1.61. The Kier molecular flexibility index (Phi) is 5.84. The van der Waals surface area contributed by atoms with Crippen molar-refractivity contribution in [1.29, 1.82) is 0 Å². The van der Waals surface area contributed by atoms with Gasteiger partial charge in [0.05, 0.1) is 12.2 Å². The number of nitrogens with one attached hydrogen (secondary N) is 1. The van der Waals surface area contributed by atoms with Gasteiger partial charge in [0.15, 0.2) is 0 Å². The summed E-state index contributed by atoms with van der Waals surface area (Å²) >= 11 is 0. The number of anilines is 1. The van der Waals surface area contributed by atoms with E-state index in [4.69, 9.17) is 4.74 Å². The zero-order valence-corrected chi connectivity index (χ0v) is 16.3. The number of pyridine rings is 2. The van der Waals surface area contributed by atoms with E-state index in [1.807, 2.05) is 66.7 Å². The first-order valence-electron chi connectivity index (χ1n) is 9.53. The Balaban J connectivity index is 1.38. The second-order valence-corrected chi connectivity index (χ2v) is 6.76. The average Bonchev–Trinajstić information content (AvgIpc) is 2.79. The zero-order valence-electron chi connectivity index (χ0n) is 16.3. The van der Waals surface area contributed by atoms with Crippen molar-refractivity contribution in [3.63, 3.8) is 0 Å². The summed E-state index contributed by atoms with van der Waals surface area (Å²) in [5, 5.41) is 2.94. The summed E-state index contributed by atoms with van der Waals surface area (Å²) in [4.78, 5) is 7.75. The van der Waals surface area contributed by atoms with E-state index >= 15 is 0 Å². The average molecular weight is 421 g/mol. The first-order chi connectivity index (χ1) is 15.0. The topological polar surface area (TPSA) is 47.0 Å².